The second kappa shape index (κ2) is 10.2. The number of pyridine rings is 1. The number of aromatic amines is 1. The van der Waals surface area contributed by atoms with Crippen molar-refractivity contribution in [1.29, 1.82) is 0 Å². The van der Waals surface area contributed by atoms with Crippen molar-refractivity contribution in [2.75, 3.05) is 0 Å². The lowest BCUT2D eigenvalue weighted by Crippen LogP contribution is -2.32. The third-order valence-electron chi connectivity index (χ3n) is 5.22. The van der Waals surface area contributed by atoms with Gasteiger partial charge in [0.15, 0.2) is 0 Å². The molecule has 2 aliphatic carbocycles. The second-order valence-corrected chi connectivity index (χ2v) is 9.71. The molecule has 0 aliphatic heterocycles. The molecule has 2 atom stereocenters. The van der Waals surface area contributed by atoms with Gasteiger partial charge in [0.2, 0.25) is 5.91 Å². The Labute approximate surface area is 180 Å². The van der Waals surface area contributed by atoms with E-state index in [0.717, 1.165) is 35.2 Å². The van der Waals surface area contributed by atoms with Crippen LogP contribution in [0.5, 0.6) is 0 Å². The highest BCUT2D eigenvalue weighted by atomic mass is 32.2. The van der Waals surface area contributed by atoms with Crippen LogP contribution in [0.25, 0.3) is 5.57 Å². The maximum absolute atomic E-state index is 12.5. The van der Waals surface area contributed by atoms with Crippen molar-refractivity contribution < 1.29 is 9.00 Å². The lowest BCUT2D eigenvalue weighted by atomic mass is 9.94. The average molecular weight is 430 g/mol. The van der Waals surface area contributed by atoms with Crippen LogP contribution in [0, 0.1) is 0 Å². The van der Waals surface area contributed by atoms with Gasteiger partial charge in [-0.25, -0.2) is 8.93 Å². The number of carbonyl (C=O) groups excluding carboxylic acids is 1. The Bertz CT molecular complexity index is 955. The maximum atomic E-state index is 12.5. The number of amides is 1. The van der Waals surface area contributed by atoms with E-state index in [4.69, 9.17) is 5.73 Å². The highest BCUT2D eigenvalue weighted by Crippen LogP contribution is 2.38. The molecular weight excluding hydrogens is 398 g/mol. The highest BCUT2D eigenvalue weighted by molar-refractivity contribution is 7.83. The summed E-state index contributed by atoms with van der Waals surface area (Å²) in [6, 6.07) is 4.05. The van der Waals surface area contributed by atoms with Gasteiger partial charge in [-0.3, -0.25) is 9.59 Å². The Morgan fingerprint density at radius 1 is 1.37 bits per heavy atom. The molecule has 1 amide bonds. The molecule has 0 saturated heterocycles. The lowest BCUT2D eigenvalue weighted by molar-refractivity contribution is -0.118. The Morgan fingerprint density at radius 2 is 2.13 bits per heavy atom. The zero-order valence-electron chi connectivity index (χ0n) is 17.6. The molecule has 2 unspecified atom stereocenters. The van der Waals surface area contributed by atoms with Gasteiger partial charge in [-0.2, -0.15) is 0 Å². The molecule has 1 aromatic rings. The number of allylic oxidation sites excluding steroid dienone is 5. The maximum Gasteiger partial charge on any atom is 0.251 e. The third-order valence-corrected chi connectivity index (χ3v) is 6.82. The van der Waals surface area contributed by atoms with Crippen molar-refractivity contribution in [3.8, 4) is 0 Å². The molecule has 1 heterocycles. The molecule has 7 heteroatoms. The molecule has 0 spiro atoms. The highest BCUT2D eigenvalue weighted by Gasteiger charge is 2.26. The van der Waals surface area contributed by atoms with E-state index in [1.165, 1.54) is 0 Å². The van der Waals surface area contributed by atoms with Crippen molar-refractivity contribution in [3.63, 3.8) is 0 Å². The van der Waals surface area contributed by atoms with E-state index in [0.29, 0.717) is 31.6 Å². The van der Waals surface area contributed by atoms with Crippen LogP contribution in [0.15, 0.2) is 46.8 Å². The van der Waals surface area contributed by atoms with Crippen LogP contribution in [-0.2, 0) is 15.8 Å². The number of primary amides is 1. The number of nitrogens with two attached hydrogens (primary N) is 1. The number of aromatic nitrogens is 1. The molecule has 4 N–H and O–H groups in total. The van der Waals surface area contributed by atoms with E-state index in [2.05, 4.69) is 15.8 Å². The molecule has 2 aliphatic rings. The van der Waals surface area contributed by atoms with Gasteiger partial charge in [0.05, 0.1) is 16.2 Å². The number of carbonyl (C=O) groups is 1. The molecule has 0 radical (unpaired) electrons. The van der Waals surface area contributed by atoms with Crippen molar-refractivity contribution in [2.45, 2.75) is 69.6 Å². The standard InChI is InChI=1S/C23H31N3O3S/c1-15(2)26-30(29)18-11-9-16(10-12-18)19(5-3-4-6-22(24)27)21-14-13-20(17-7-8-17)23(28)25-21/h5,9-11,13-15,17-18,26H,3-4,6-8,12H2,1-2H3,(H2,24,27)(H,25,28)/b19-5+. The first kappa shape index (κ1) is 22.4. The van der Waals surface area contributed by atoms with E-state index in [1.807, 2.05) is 44.2 Å². The Morgan fingerprint density at radius 3 is 2.70 bits per heavy atom. The fourth-order valence-corrected chi connectivity index (χ4v) is 4.67. The van der Waals surface area contributed by atoms with Gasteiger partial charge in [-0.05, 0) is 63.5 Å². The molecule has 3 rings (SSSR count). The average Bonchev–Trinajstić information content (AvgIpc) is 3.52. The minimum atomic E-state index is -1.14. The summed E-state index contributed by atoms with van der Waals surface area (Å²) in [5.41, 5.74) is 8.75. The molecule has 1 aromatic heterocycles. The smallest absolute Gasteiger partial charge is 0.251 e. The van der Waals surface area contributed by atoms with Gasteiger partial charge in [-0.15, -0.1) is 0 Å². The molecule has 30 heavy (non-hydrogen) atoms. The molecule has 162 valence electrons. The van der Waals surface area contributed by atoms with E-state index in [9.17, 15) is 13.8 Å². The summed E-state index contributed by atoms with van der Waals surface area (Å²) in [5, 5.41) is -0.0800. The third kappa shape index (κ3) is 6.12. The molecule has 0 bridgehead atoms. The number of unbranched alkanes of at least 4 members (excludes halogenated alkanes) is 1. The molecular formula is C23H31N3O3S. The van der Waals surface area contributed by atoms with Crippen LogP contribution in [0.4, 0.5) is 0 Å². The fourth-order valence-electron chi connectivity index (χ4n) is 3.54. The summed E-state index contributed by atoms with van der Waals surface area (Å²) in [7, 11) is -1.14. The molecule has 6 nitrogen and oxygen atoms in total. The van der Waals surface area contributed by atoms with Crippen LogP contribution in [0.1, 0.15) is 69.5 Å². The predicted octanol–water partition coefficient (Wildman–Crippen LogP) is 3.21. The van der Waals surface area contributed by atoms with Crippen molar-refractivity contribution in [2.24, 2.45) is 5.73 Å². The molecule has 0 aromatic carbocycles. The summed E-state index contributed by atoms with van der Waals surface area (Å²) >= 11 is 0. The topological polar surface area (TPSA) is 105 Å². The number of hydrogen-bond acceptors (Lipinski definition) is 3. The van der Waals surface area contributed by atoms with Crippen LogP contribution in [0.2, 0.25) is 0 Å². The largest absolute Gasteiger partial charge is 0.370 e. The normalized spacial score (nSPS) is 20.3. The van der Waals surface area contributed by atoms with Crippen LogP contribution in [-0.4, -0.2) is 26.4 Å². The first-order chi connectivity index (χ1) is 14.3. The van der Waals surface area contributed by atoms with Gasteiger partial charge in [0.25, 0.3) is 5.56 Å². The second-order valence-electron chi connectivity index (χ2n) is 8.27. The van der Waals surface area contributed by atoms with Crippen LogP contribution >= 0.6 is 0 Å². The minimum absolute atomic E-state index is 0.0291. The zero-order valence-corrected chi connectivity index (χ0v) is 18.5. The SMILES string of the molecule is CC(C)NS(=O)C1C=CC(/C(=C\CCCC(N)=O)c2ccc(C3CC3)c(=O)[nH]2)=CC1. The minimum Gasteiger partial charge on any atom is -0.370 e. The predicted molar refractivity (Wildman–Crippen MR) is 122 cm³/mol. The van der Waals surface area contributed by atoms with E-state index >= 15 is 0 Å². The van der Waals surface area contributed by atoms with Gasteiger partial charge in [0, 0.05) is 29.3 Å². The van der Waals surface area contributed by atoms with Crippen molar-refractivity contribution in [1.82, 2.24) is 9.71 Å². The fraction of sp³-hybridized carbons (Fsp3) is 0.478. The van der Waals surface area contributed by atoms with Gasteiger partial charge in [-0.1, -0.05) is 30.4 Å². The van der Waals surface area contributed by atoms with E-state index < -0.39 is 11.0 Å². The van der Waals surface area contributed by atoms with Gasteiger partial charge < -0.3 is 10.7 Å². The van der Waals surface area contributed by atoms with E-state index in [1.54, 1.807) is 0 Å². The monoisotopic (exact) mass is 429 g/mol. The Kier molecular flexibility index (Phi) is 7.61. The summed E-state index contributed by atoms with van der Waals surface area (Å²) in [6.45, 7) is 3.95. The van der Waals surface area contributed by atoms with Gasteiger partial charge in [0.1, 0.15) is 0 Å². The van der Waals surface area contributed by atoms with Gasteiger partial charge >= 0.3 is 0 Å². The molecule has 1 saturated carbocycles. The summed E-state index contributed by atoms with van der Waals surface area (Å²) in [4.78, 5) is 26.6. The number of hydrogen-bond donors (Lipinski definition) is 3. The Balaban J connectivity index is 1.81. The summed E-state index contributed by atoms with van der Waals surface area (Å²) < 4.78 is 15.5. The first-order valence-electron chi connectivity index (χ1n) is 10.6. The molecule has 1 fully saturated rings. The Hall–Kier alpha value is -2.25. The van der Waals surface area contributed by atoms with Crippen molar-refractivity contribution >= 4 is 22.5 Å². The summed E-state index contributed by atoms with van der Waals surface area (Å²) in [6.07, 6.45) is 12.5. The zero-order chi connectivity index (χ0) is 21.7. The quantitative estimate of drug-likeness (QED) is 0.497. The summed E-state index contributed by atoms with van der Waals surface area (Å²) in [5.74, 6) is 0.0793. The van der Waals surface area contributed by atoms with E-state index in [-0.39, 0.29) is 22.8 Å². The van der Waals surface area contributed by atoms with Crippen molar-refractivity contribution in [3.05, 3.63) is 63.6 Å². The number of H-pyrrole nitrogens is 1. The van der Waals surface area contributed by atoms with Crippen LogP contribution < -0.4 is 16.0 Å². The first-order valence-corrected chi connectivity index (χ1v) is 11.8. The lowest BCUT2D eigenvalue weighted by Gasteiger charge is -2.19. The van der Waals surface area contributed by atoms with Crippen LogP contribution in [0.3, 0.4) is 0 Å². The number of rotatable bonds is 10. The number of nitrogens with one attached hydrogen (secondary N) is 2.